The van der Waals surface area contributed by atoms with Gasteiger partial charge in [-0.1, -0.05) is 61.4 Å². The lowest BCUT2D eigenvalue weighted by atomic mass is 10.0. The number of benzene rings is 2. The molecule has 0 aromatic heterocycles. The summed E-state index contributed by atoms with van der Waals surface area (Å²) in [6.45, 7) is 10.00. The Kier molecular flexibility index (Phi) is 5.05. The van der Waals surface area contributed by atoms with Gasteiger partial charge in [0.15, 0.2) is 0 Å². The fourth-order valence-corrected chi connectivity index (χ4v) is 4.09. The van der Waals surface area contributed by atoms with Gasteiger partial charge in [0.2, 0.25) is 0 Å². The van der Waals surface area contributed by atoms with Crippen molar-refractivity contribution >= 4 is 34.8 Å². The second-order valence-electron chi connectivity index (χ2n) is 6.97. The highest BCUT2D eigenvalue weighted by Crippen LogP contribution is 2.40. The molecule has 0 aliphatic carbocycles. The van der Waals surface area contributed by atoms with E-state index < -0.39 is 0 Å². The summed E-state index contributed by atoms with van der Waals surface area (Å²) < 4.78 is 0. The van der Waals surface area contributed by atoms with Crippen molar-refractivity contribution in [3.8, 4) is 0 Å². The first-order valence-corrected chi connectivity index (χ1v) is 9.61. The number of hydrogen-bond donors (Lipinski definition) is 0. The van der Waals surface area contributed by atoms with Gasteiger partial charge >= 0.3 is 0 Å². The van der Waals surface area contributed by atoms with Crippen LogP contribution in [-0.2, 0) is 9.59 Å². The maximum Gasteiger partial charge on any atom is 0.272 e. The molecule has 1 aliphatic heterocycles. The molecule has 3 rings (SSSR count). The highest BCUT2D eigenvalue weighted by molar-refractivity contribution is 8.04. The van der Waals surface area contributed by atoms with E-state index in [0.717, 1.165) is 22.3 Å². The molecular formula is C22H23NO2S. The van der Waals surface area contributed by atoms with Gasteiger partial charge in [-0.2, -0.15) is 0 Å². The monoisotopic (exact) mass is 365 g/mol. The van der Waals surface area contributed by atoms with Gasteiger partial charge in [-0.05, 0) is 38.0 Å². The van der Waals surface area contributed by atoms with E-state index in [1.807, 2.05) is 77.1 Å². The Hall–Kier alpha value is -2.33. The van der Waals surface area contributed by atoms with Crippen LogP contribution < -0.4 is 4.90 Å². The molecule has 2 amide bonds. The van der Waals surface area contributed by atoms with Crippen molar-refractivity contribution < 1.29 is 9.59 Å². The van der Waals surface area contributed by atoms with Gasteiger partial charge in [0, 0.05) is 5.25 Å². The van der Waals surface area contributed by atoms with Crippen molar-refractivity contribution in [2.75, 3.05) is 4.90 Å². The largest absolute Gasteiger partial charge is 0.272 e. The predicted molar refractivity (Wildman–Crippen MR) is 109 cm³/mol. The molecule has 1 heterocycles. The summed E-state index contributed by atoms with van der Waals surface area (Å²) >= 11 is 1.46. The van der Waals surface area contributed by atoms with Crippen molar-refractivity contribution in [3.63, 3.8) is 0 Å². The topological polar surface area (TPSA) is 37.4 Å². The van der Waals surface area contributed by atoms with Crippen LogP contribution in [0.5, 0.6) is 0 Å². The van der Waals surface area contributed by atoms with Gasteiger partial charge < -0.3 is 0 Å². The van der Waals surface area contributed by atoms with E-state index in [1.54, 1.807) is 0 Å². The molecule has 3 nitrogen and oxygen atoms in total. The first-order chi connectivity index (χ1) is 12.3. The lowest BCUT2D eigenvalue weighted by molar-refractivity contribution is -0.119. The Morgan fingerprint density at radius 2 is 1.46 bits per heavy atom. The highest BCUT2D eigenvalue weighted by Gasteiger charge is 2.40. The van der Waals surface area contributed by atoms with Crippen LogP contribution in [0.25, 0.3) is 5.57 Å². The standard InChI is InChI=1S/C22H23NO2S/c1-13(2)26-20-19(17-9-6-14(3)7-10-17)21(24)23(22(20)25)18-11-8-15(4)12-16(18)5/h6-13H,1-5H3. The summed E-state index contributed by atoms with van der Waals surface area (Å²) in [6.07, 6.45) is 0. The SMILES string of the molecule is Cc1ccc(C2=C(SC(C)C)C(=O)N(c3ccc(C)cc3C)C2=O)cc1. The summed E-state index contributed by atoms with van der Waals surface area (Å²) in [5, 5.41) is 0.210. The van der Waals surface area contributed by atoms with Crippen molar-refractivity contribution in [2.24, 2.45) is 0 Å². The first kappa shape index (κ1) is 18.5. The molecule has 2 aromatic rings. The third-order valence-corrected chi connectivity index (χ3v) is 5.41. The molecule has 0 bridgehead atoms. The van der Waals surface area contributed by atoms with Crippen LogP contribution in [0.1, 0.15) is 36.1 Å². The third kappa shape index (κ3) is 3.34. The van der Waals surface area contributed by atoms with E-state index in [9.17, 15) is 9.59 Å². The van der Waals surface area contributed by atoms with Gasteiger partial charge in [-0.25, -0.2) is 4.90 Å². The second kappa shape index (κ2) is 7.12. The van der Waals surface area contributed by atoms with E-state index in [1.165, 1.54) is 16.7 Å². The summed E-state index contributed by atoms with van der Waals surface area (Å²) in [4.78, 5) is 28.3. The van der Waals surface area contributed by atoms with Crippen LogP contribution in [0, 0.1) is 20.8 Å². The zero-order chi connectivity index (χ0) is 19.0. The fraction of sp³-hybridized carbons (Fsp3) is 0.273. The smallest absolute Gasteiger partial charge is 0.268 e. The normalized spacial score (nSPS) is 14.8. The number of nitrogens with zero attached hydrogens (tertiary/aromatic N) is 1. The van der Waals surface area contributed by atoms with Crippen molar-refractivity contribution in [3.05, 3.63) is 69.6 Å². The number of rotatable bonds is 4. The Morgan fingerprint density at radius 1 is 0.846 bits per heavy atom. The van der Waals surface area contributed by atoms with Gasteiger partial charge in [0.25, 0.3) is 11.8 Å². The number of aryl methyl sites for hydroxylation is 3. The zero-order valence-electron chi connectivity index (χ0n) is 15.8. The maximum atomic E-state index is 13.3. The first-order valence-electron chi connectivity index (χ1n) is 8.73. The van der Waals surface area contributed by atoms with Crippen LogP contribution >= 0.6 is 11.8 Å². The number of amides is 2. The molecule has 2 aromatic carbocycles. The number of carbonyl (C=O) groups is 2. The Labute approximate surface area is 159 Å². The van der Waals surface area contributed by atoms with E-state index in [0.29, 0.717) is 16.2 Å². The lowest BCUT2D eigenvalue weighted by Crippen LogP contribution is -2.32. The summed E-state index contributed by atoms with van der Waals surface area (Å²) in [7, 11) is 0. The molecule has 1 aliphatic rings. The minimum atomic E-state index is -0.242. The summed E-state index contributed by atoms with van der Waals surface area (Å²) in [6, 6.07) is 13.6. The Morgan fingerprint density at radius 3 is 2.04 bits per heavy atom. The zero-order valence-corrected chi connectivity index (χ0v) is 16.6. The molecule has 134 valence electrons. The predicted octanol–water partition coefficient (Wildman–Crippen LogP) is 5.04. The summed E-state index contributed by atoms with van der Waals surface area (Å²) in [5.74, 6) is -0.467. The number of hydrogen-bond acceptors (Lipinski definition) is 3. The quantitative estimate of drug-likeness (QED) is 0.713. The van der Waals surface area contributed by atoms with Gasteiger partial charge in [-0.15, -0.1) is 11.8 Å². The van der Waals surface area contributed by atoms with Crippen molar-refractivity contribution in [2.45, 2.75) is 39.9 Å². The van der Waals surface area contributed by atoms with Crippen LogP contribution in [0.3, 0.4) is 0 Å². The van der Waals surface area contributed by atoms with Crippen molar-refractivity contribution in [1.82, 2.24) is 0 Å². The molecule has 0 N–H and O–H groups in total. The van der Waals surface area contributed by atoms with Crippen LogP contribution in [0.15, 0.2) is 47.4 Å². The van der Waals surface area contributed by atoms with Crippen LogP contribution in [-0.4, -0.2) is 17.1 Å². The number of thioether (sulfide) groups is 1. The average Bonchev–Trinajstić information content (AvgIpc) is 2.79. The highest BCUT2D eigenvalue weighted by atomic mass is 32.2. The second-order valence-corrected chi connectivity index (χ2v) is 8.56. The minimum Gasteiger partial charge on any atom is -0.268 e. The van der Waals surface area contributed by atoms with Gasteiger partial charge in [0.05, 0.1) is 16.2 Å². The molecular weight excluding hydrogens is 342 g/mol. The van der Waals surface area contributed by atoms with E-state index in [2.05, 4.69) is 0 Å². The third-order valence-electron chi connectivity index (χ3n) is 4.33. The van der Waals surface area contributed by atoms with Crippen LogP contribution in [0.4, 0.5) is 5.69 Å². The molecule has 0 radical (unpaired) electrons. The maximum absolute atomic E-state index is 13.3. The Balaban J connectivity index is 2.12. The number of anilines is 1. The Bertz CT molecular complexity index is 910. The summed E-state index contributed by atoms with van der Waals surface area (Å²) in [5.41, 5.74) is 5.11. The van der Waals surface area contributed by atoms with E-state index in [-0.39, 0.29) is 17.1 Å². The number of imide groups is 1. The number of carbonyl (C=O) groups excluding carboxylic acids is 2. The van der Waals surface area contributed by atoms with Gasteiger partial charge in [0.1, 0.15) is 0 Å². The van der Waals surface area contributed by atoms with Crippen molar-refractivity contribution in [1.29, 1.82) is 0 Å². The average molecular weight is 365 g/mol. The van der Waals surface area contributed by atoms with E-state index in [4.69, 9.17) is 0 Å². The fourth-order valence-electron chi connectivity index (χ4n) is 3.10. The molecule has 0 atom stereocenters. The molecule has 0 spiro atoms. The molecule has 0 saturated carbocycles. The van der Waals surface area contributed by atoms with Gasteiger partial charge in [-0.3, -0.25) is 9.59 Å². The minimum absolute atomic E-state index is 0.210. The lowest BCUT2D eigenvalue weighted by Gasteiger charge is -2.18. The molecule has 0 saturated heterocycles. The molecule has 0 fully saturated rings. The van der Waals surface area contributed by atoms with E-state index >= 15 is 0 Å². The molecule has 0 unspecified atom stereocenters. The van der Waals surface area contributed by atoms with Crippen LogP contribution in [0.2, 0.25) is 0 Å². The molecule has 26 heavy (non-hydrogen) atoms. The molecule has 4 heteroatoms.